The SMILES string of the molecule is CCNC(=NCc1ccccc1COC)NC(C)CCS(C)(=O)=O. The highest BCUT2D eigenvalue weighted by Gasteiger charge is 2.09. The van der Waals surface area contributed by atoms with Gasteiger partial charge in [-0.1, -0.05) is 24.3 Å². The van der Waals surface area contributed by atoms with Crippen molar-refractivity contribution in [2.45, 2.75) is 39.5 Å². The van der Waals surface area contributed by atoms with E-state index in [1.807, 2.05) is 38.1 Å². The Morgan fingerprint density at radius 2 is 1.96 bits per heavy atom. The summed E-state index contributed by atoms with van der Waals surface area (Å²) < 4.78 is 27.8. The van der Waals surface area contributed by atoms with Gasteiger partial charge in [0.25, 0.3) is 0 Å². The van der Waals surface area contributed by atoms with Gasteiger partial charge in [-0.25, -0.2) is 13.4 Å². The highest BCUT2D eigenvalue weighted by molar-refractivity contribution is 7.90. The van der Waals surface area contributed by atoms with Gasteiger partial charge in [0.1, 0.15) is 9.84 Å². The van der Waals surface area contributed by atoms with Crippen molar-refractivity contribution >= 4 is 15.8 Å². The maximum Gasteiger partial charge on any atom is 0.191 e. The summed E-state index contributed by atoms with van der Waals surface area (Å²) in [5.41, 5.74) is 2.23. The zero-order valence-electron chi connectivity index (χ0n) is 15.0. The molecule has 1 rings (SSSR count). The van der Waals surface area contributed by atoms with E-state index in [-0.39, 0.29) is 11.8 Å². The molecule has 0 aliphatic carbocycles. The Bertz CT molecular complexity index is 630. The maximum atomic E-state index is 11.3. The van der Waals surface area contributed by atoms with E-state index in [9.17, 15) is 8.42 Å². The van der Waals surface area contributed by atoms with Crippen molar-refractivity contribution < 1.29 is 13.2 Å². The monoisotopic (exact) mass is 355 g/mol. The van der Waals surface area contributed by atoms with Gasteiger partial charge in [-0.2, -0.15) is 0 Å². The van der Waals surface area contributed by atoms with Crippen LogP contribution in [0.25, 0.3) is 0 Å². The van der Waals surface area contributed by atoms with Gasteiger partial charge < -0.3 is 15.4 Å². The zero-order valence-corrected chi connectivity index (χ0v) is 15.8. The van der Waals surface area contributed by atoms with Crippen LogP contribution in [0.1, 0.15) is 31.4 Å². The van der Waals surface area contributed by atoms with E-state index in [0.29, 0.717) is 25.5 Å². The number of hydrogen-bond acceptors (Lipinski definition) is 4. The van der Waals surface area contributed by atoms with E-state index in [1.165, 1.54) is 6.26 Å². The van der Waals surface area contributed by atoms with Gasteiger partial charge in [-0.15, -0.1) is 0 Å². The van der Waals surface area contributed by atoms with Gasteiger partial charge in [-0.05, 0) is 31.4 Å². The average molecular weight is 356 g/mol. The van der Waals surface area contributed by atoms with Crippen LogP contribution < -0.4 is 10.6 Å². The van der Waals surface area contributed by atoms with Crippen LogP contribution in [-0.4, -0.2) is 46.1 Å². The van der Waals surface area contributed by atoms with Crippen LogP contribution in [-0.2, 0) is 27.7 Å². The first-order valence-corrected chi connectivity index (χ1v) is 10.2. The number of rotatable bonds is 9. The maximum absolute atomic E-state index is 11.3. The largest absolute Gasteiger partial charge is 0.380 e. The third-order valence-electron chi connectivity index (χ3n) is 3.47. The van der Waals surface area contributed by atoms with Gasteiger partial charge in [0.2, 0.25) is 0 Å². The fourth-order valence-electron chi connectivity index (χ4n) is 2.19. The minimum absolute atomic E-state index is 0.0201. The average Bonchev–Trinajstić information content (AvgIpc) is 2.52. The van der Waals surface area contributed by atoms with E-state index in [0.717, 1.165) is 17.7 Å². The summed E-state index contributed by atoms with van der Waals surface area (Å²) in [5, 5.41) is 6.45. The molecule has 0 bridgehead atoms. The summed E-state index contributed by atoms with van der Waals surface area (Å²) in [4.78, 5) is 4.60. The van der Waals surface area contributed by atoms with Crippen LogP contribution in [0.15, 0.2) is 29.3 Å². The van der Waals surface area contributed by atoms with Crippen LogP contribution in [0, 0.1) is 0 Å². The summed E-state index contributed by atoms with van der Waals surface area (Å²) in [6.45, 7) is 5.78. The minimum atomic E-state index is -2.95. The van der Waals surface area contributed by atoms with Crippen LogP contribution in [0.2, 0.25) is 0 Å². The number of guanidine groups is 1. The summed E-state index contributed by atoms with van der Waals surface area (Å²) in [5.74, 6) is 0.850. The van der Waals surface area contributed by atoms with Crippen molar-refractivity contribution in [3.05, 3.63) is 35.4 Å². The fraction of sp³-hybridized carbons (Fsp3) is 0.588. The van der Waals surface area contributed by atoms with Crippen molar-refractivity contribution in [3.63, 3.8) is 0 Å². The highest BCUT2D eigenvalue weighted by atomic mass is 32.2. The van der Waals surface area contributed by atoms with Gasteiger partial charge in [0.15, 0.2) is 5.96 Å². The highest BCUT2D eigenvalue weighted by Crippen LogP contribution is 2.11. The molecule has 1 atom stereocenters. The molecule has 0 aliphatic heterocycles. The standard InChI is InChI=1S/C17H29N3O3S/c1-5-18-17(20-14(2)10-11-24(4,21)22)19-12-15-8-6-7-9-16(15)13-23-3/h6-9,14H,5,10-13H2,1-4H3,(H2,18,19,20). The first kappa shape index (κ1) is 20.4. The van der Waals surface area contributed by atoms with E-state index in [4.69, 9.17) is 4.74 Å². The Hall–Kier alpha value is -1.60. The molecule has 0 saturated heterocycles. The Labute approximate surface area is 145 Å². The predicted octanol–water partition coefficient (Wildman–Crippen LogP) is 1.71. The van der Waals surface area contributed by atoms with Crippen LogP contribution in [0.5, 0.6) is 0 Å². The molecule has 1 unspecified atom stereocenters. The number of methoxy groups -OCH3 is 1. The first-order chi connectivity index (χ1) is 11.4. The van der Waals surface area contributed by atoms with Gasteiger partial charge in [0.05, 0.1) is 18.9 Å². The molecule has 1 aromatic rings. The third-order valence-corrected chi connectivity index (χ3v) is 4.45. The van der Waals surface area contributed by atoms with Gasteiger partial charge >= 0.3 is 0 Å². The first-order valence-electron chi connectivity index (χ1n) is 8.14. The van der Waals surface area contributed by atoms with Crippen molar-refractivity contribution in [2.24, 2.45) is 4.99 Å². The molecule has 7 heteroatoms. The second-order valence-corrected chi connectivity index (χ2v) is 8.12. The van der Waals surface area contributed by atoms with Crippen molar-refractivity contribution in [1.82, 2.24) is 10.6 Å². The van der Waals surface area contributed by atoms with Gasteiger partial charge in [0, 0.05) is 26.0 Å². The quantitative estimate of drug-likeness (QED) is 0.521. The molecule has 0 spiro atoms. The molecule has 0 aromatic heterocycles. The van der Waals surface area contributed by atoms with E-state index in [2.05, 4.69) is 15.6 Å². The normalized spacial score (nSPS) is 13.6. The molecule has 2 N–H and O–H groups in total. The molecule has 24 heavy (non-hydrogen) atoms. The Morgan fingerprint density at radius 1 is 1.29 bits per heavy atom. The lowest BCUT2D eigenvalue weighted by molar-refractivity contribution is 0.184. The van der Waals surface area contributed by atoms with Crippen molar-refractivity contribution in [3.8, 4) is 0 Å². The number of hydrogen-bond donors (Lipinski definition) is 2. The number of nitrogens with one attached hydrogen (secondary N) is 2. The topological polar surface area (TPSA) is 79.8 Å². The minimum Gasteiger partial charge on any atom is -0.380 e. The second-order valence-electron chi connectivity index (χ2n) is 5.86. The fourth-order valence-corrected chi connectivity index (χ4v) is 2.97. The van der Waals surface area contributed by atoms with Crippen LogP contribution in [0.3, 0.4) is 0 Å². The predicted molar refractivity (Wildman–Crippen MR) is 98.9 cm³/mol. The lowest BCUT2D eigenvalue weighted by Gasteiger charge is -2.17. The summed E-state index contributed by atoms with van der Waals surface area (Å²) in [6, 6.07) is 8.06. The van der Waals surface area contributed by atoms with E-state index >= 15 is 0 Å². The smallest absolute Gasteiger partial charge is 0.191 e. The molecule has 0 aliphatic rings. The molecular weight excluding hydrogens is 326 g/mol. The number of aliphatic imine (C=N–C) groups is 1. The van der Waals surface area contributed by atoms with E-state index < -0.39 is 9.84 Å². The Balaban J connectivity index is 2.72. The number of ether oxygens (including phenoxy) is 1. The van der Waals surface area contributed by atoms with Crippen molar-refractivity contribution in [2.75, 3.05) is 25.7 Å². The lowest BCUT2D eigenvalue weighted by atomic mass is 10.1. The van der Waals surface area contributed by atoms with Crippen LogP contribution >= 0.6 is 0 Å². The number of benzene rings is 1. The molecule has 0 radical (unpaired) electrons. The molecule has 136 valence electrons. The third kappa shape index (κ3) is 8.31. The van der Waals surface area contributed by atoms with E-state index in [1.54, 1.807) is 7.11 Å². The molecule has 0 amide bonds. The number of nitrogens with zero attached hydrogens (tertiary/aromatic N) is 1. The summed E-state index contributed by atoms with van der Waals surface area (Å²) in [6.07, 6.45) is 1.80. The van der Waals surface area contributed by atoms with Gasteiger partial charge in [-0.3, -0.25) is 0 Å². The molecular formula is C17H29N3O3S. The molecule has 6 nitrogen and oxygen atoms in total. The molecule has 0 heterocycles. The molecule has 1 aromatic carbocycles. The summed E-state index contributed by atoms with van der Waals surface area (Å²) in [7, 11) is -1.27. The summed E-state index contributed by atoms with van der Waals surface area (Å²) >= 11 is 0. The molecule has 0 saturated carbocycles. The van der Waals surface area contributed by atoms with Crippen LogP contribution in [0.4, 0.5) is 0 Å². The second kappa shape index (κ2) is 10.3. The lowest BCUT2D eigenvalue weighted by Crippen LogP contribution is -2.42. The molecule has 0 fully saturated rings. The Kier molecular flexibility index (Phi) is 8.78. The van der Waals surface area contributed by atoms with Crippen molar-refractivity contribution in [1.29, 1.82) is 0 Å². The number of sulfone groups is 1. The zero-order chi connectivity index (χ0) is 18.0. The Morgan fingerprint density at radius 3 is 2.54 bits per heavy atom.